The number of aromatic amines is 1. The Kier molecular flexibility index (Phi) is 6.64. The van der Waals surface area contributed by atoms with Gasteiger partial charge in [-0.1, -0.05) is 73.8 Å². The van der Waals surface area contributed by atoms with E-state index < -0.39 is 0 Å². The van der Waals surface area contributed by atoms with E-state index in [4.69, 9.17) is 0 Å². The van der Waals surface area contributed by atoms with Gasteiger partial charge < -0.3 is 4.98 Å². The molecule has 0 amide bonds. The van der Waals surface area contributed by atoms with Crippen LogP contribution in [0.2, 0.25) is 0 Å². The lowest BCUT2D eigenvalue weighted by atomic mass is 9.44. The van der Waals surface area contributed by atoms with Gasteiger partial charge in [-0.15, -0.1) is 0 Å². The first-order chi connectivity index (χ1) is 17.6. The molecule has 1 heteroatoms. The third-order valence-corrected chi connectivity index (χ3v) is 13.0. The number of rotatable bonds is 6. The minimum Gasteiger partial charge on any atom is -0.358 e. The highest BCUT2D eigenvalue weighted by Gasteiger charge is 2.60. The van der Waals surface area contributed by atoms with Crippen LogP contribution in [0.3, 0.4) is 0 Å². The van der Waals surface area contributed by atoms with Crippen LogP contribution in [0.4, 0.5) is 0 Å². The molecule has 0 saturated heterocycles. The van der Waals surface area contributed by atoms with Crippen molar-refractivity contribution >= 4 is 10.9 Å². The lowest BCUT2D eigenvalue weighted by Gasteiger charge is -2.60. The van der Waals surface area contributed by atoms with Gasteiger partial charge in [-0.3, -0.25) is 0 Å². The summed E-state index contributed by atoms with van der Waals surface area (Å²) in [5.74, 6) is 7.11. The van der Waals surface area contributed by atoms with Crippen molar-refractivity contribution < 1.29 is 0 Å². The highest BCUT2D eigenvalue weighted by atomic mass is 14.8. The molecule has 3 saturated carbocycles. The van der Waals surface area contributed by atoms with Crippen molar-refractivity contribution in [2.75, 3.05) is 0 Å². The fourth-order valence-corrected chi connectivity index (χ4v) is 10.9. The van der Waals surface area contributed by atoms with E-state index >= 15 is 0 Å². The summed E-state index contributed by atoms with van der Waals surface area (Å²) < 4.78 is 0. The molecule has 0 radical (unpaired) electrons. The monoisotopic (exact) mass is 501 g/mol. The molecular weight excluding hydrogens is 446 g/mol. The SMILES string of the molecule is CC(C)CCC[C@H](C)[C@@H]1CC[C@H]2[C@H]3CC[C@H]4Cc5[nH]c6ccc(C(C)C)cc6c5C[C@]4(C)[C@@H]3CC[C@@]21C. The molecule has 3 fully saturated rings. The predicted octanol–water partition coefficient (Wildman–Crippen LogP) is 10.3. The molecule has 204 valence electrons. The van der Waals surface area contributed by atoms with Crippen molar-refractivity contribution in [2.45, 2.75) is 125 Å². The number of hydrogen-bond donors (Lipinski definition) is 1. The topological polar surface area (TPSA) is 15.8 Å². The molecule has 1 aromatic heterocycles. The van der Waals surface area contributed by atoms with Crippen LogP contribution >= 0.6 is 0 Å². The summed E-state index contributed by atoms with van der Waals surface area (Å²) in [4.78, 5) is 3.89. The lowest BCUT2D eigenvalue weighted by Crippen LogP contribution is -2.54. The van der Waals surface area contributed by atoms with Gasteiger partial charge in [-0.2, -0.15) is 0 Å². The molecule has 1 nitrogen and oxygen atoms in total. The molecule has 0 spiro atoms. The molecule has 0 bridgehead atoms. The Morgan fingerprint density at radius 1 is 0.892 bits per heavy atom. The summed E-state index contributed by atoms with van der Waals surface area (Å²) >= 11 is 0. The zero-order valence-electron chi connectivity index (χ0n) is 25.1. The second kappa shape index (κ2) is 9.45. The zero-order chi connectivity index (χ0) is 26.1. The molecule has 1 N–H and O–H groups in total. The molecule has 8 atom stereocenters. The minimum atomic E-state index is 0.487. The molecule has 0 aliphatic heterocycles. The van der Waals surface area contributed by atoms with Crippen LogP contribution in [-0.2, 0) is 12.8 Å². The molecular formula is C36H55N. The summed E-state index contributed by atoms with van der Waals surface area (Å²) in [6, 6.07) is 7.24. The molecule has 4 aliphatic carbocycles. The van der Waals surface area contributed by atoms with Crippen molar-refractivity contribution in [1.29, 1.82) is 0 Å². The highest BCUT2D eigenvalue weighted by molar-refractivity contribution is 5.86. The number of H-pyrrole nitrogens is 1. The quantitative estimate of drug-likeness (QED) is 0.405. The lowest BCUT2D eigenvalue weighted by molar-refractivity contribution is -0.103. The molecule has 4 aliphatic rings. The maximum atomic E-state index is 3.89. The maximum Gasteiger partial charge on any atom is 0.0459 e. The van der Waals surface area contributed by atoms with E-state index in [9.17, 15) is 0 Å². The first-order valence-corrected chi connectivity index (χ1v) is 16.2. The maximum absolute atomic E-state index is 3.89. The predicted molar refractivity (Wildman–Crippen MR) is 159 cm³/mol. The molecule has 6 rings (SSSR count). The van der Waals surface area contributed by atoms with Crippen LogP contribution in [0.15, 0.2) is 18.2 Å². The van der Waals surface area contributed by atoms with Gasteiger partial charge in [0.1, 0.15) is 0 Å². The van der Waals surface area contributed by atoms with Gasteiger partial charge in [0.2, 0.25) is 0 Å². The Hall–Kier alpha value is -1.24. The van der Waals surface area contributed by atoms with Crippen molar-refractivity contribution in [2.24, 2.45) is 52.3 Å². The van der Waals surface area contributed by atoms with E-state index in [1.807, 2.05) is 0 Å². The van der Waals surface area contributed by atoms with Gasteiger partial charge >= 0.3 is 0 Å². The van der Waals surface area contributed by atoms with Gasteiger partial charge in [0, 0.05) is 16.6 Å². The van der Waals surface area contributed by atoms with Gasteiger partial charge in [-0.25, -0.2) is 0 Å². The van der Waals surface area contributed by atoms with E-state index in [2.05, 4.69) is 71.6 Å². The summed E-state index contributed by atoms with van der Waals surface area (Å²) in [5, 5.41) is 1.54. The normalized spacial score (nSPS) is 37.9. The Morgan fingerprint density at radius 3 is 2.43 bits per heavy atom. The van der Waals surface area contributed by atoms with E-state index in [0.717, 1.165) is 41.4 Å². The van der Waals surface area contributed by atoms with Crippen molar-refractivity contribution in [3.8, 4) is 0 Å². The van der Waals surface area contributed by atoms with Gasteiger partial charge in [-0.05, 0) is 133 Å². The minimum absolute atomic E-state index is 0.487. The first kappa shape index (κ1) is 26.0. The number of hydrogen-bond acceptors (Lipinski definition) is 0. The van der Waals surface area contributed by atoms with Crippen molar-refractivity contribution in [3.63, 3.8) is 0 Å². The Balaban J connectivity index is 1.25. The molecule has 2 aromatic rings. The number of aromatic nitrogens is 1. The Morgan fingerprint density at radius 2 is 1.68 bits per heavy atom. The van der Waals surface area contributed by atoms with E-state index in [0.29, 0.717) is 16.7 Å². The third-order valence-electron chi connectivity index (χ3n) is 13.0. The van der Waals surface area contributed by atoms with Crippen LogP contribution < -0.4 is 0 Å². The van der Waals surface area contributed by atoms with Gasteiger partial charge in [0.25, 0.3) is 0 Å². The van der Waals surface area contributed by atoms with E-state index in [-0.39, 0.29) is 0 Å². The van der Waals surface area contributed by atoms with E-state index in [1.165, 1.54) is 81.7 Å². The van der Waals surface area contributed by atoms with Gasteiger partial charge in [0.05, 0.1) is 0 Å². The largest absolute Gasteiger partial charge is 0.358 e. The summed E-state index contributed by atoms with van der Waals surface area (Å²) in [5.41, 5.74) is 7.24. The van der Waals surface area contributed by atoms with Crippen LogP contribution in [0, 0.1) is 52.3 Å². The average molecular weight is 502 g/mol. The second-order valence-electron chi connectivity index (χ2n) is 15.6. The van der Waals surface area contributed by atoms with Crippen molar-refractivity contribution in [3.05, 3.63) is 35.0 Å². The fourth-order valence-electron chi connectivity index (χ4n) is 10.9. The fraction of sp³-hybridized carbons (Fsp3) is 0.778. The molecule has 37 heavy (non-hydrogen) atoms. The van der Waals surface area contributed by atoms with Crippen LogP contribution in [0.5, 0.6) is 0 Å². The highest BCUT2D eigenvalue weighted by Crippen LogP contribution is 2.68. The second-order valence-corrected chi connectivity index (χ2v) is 15.6. The first-order valence-electron chi connectivity index (χ1n) is 16.2. The number of fused-ring (bicyclic) bond motifs is 8. The van der Waals surface area contributed by atoms with Gasteiger partial charge in [0.15, 0.2) is 0 Å². The summed E-state index contributed by atoms with van der Waals surface area (Å²) in [7, 11) is 0. The summed E-state index contributed by atoms with van der Waals surface area (Å²) in [6.07, 6.45) is 15.9. The Labute approximate surface area is 228 Å². The zero-order valence-corrected chi connectivity index (χ0v) is 25.1. The van der Waals surface area contributed by atoms with Crippen LogP contribution in [0.25, 0.3) is 10.9 Å². The van der Waals surface area contributed by atoms with E-state index in [1.54, 1.807) is 16.6 Å². The molecule has 1 heterocycles. The number of benzene rings is 1. The average Bonchev–Trinajstić information content (AvgIpc) is 3.38. The summed E-state index contributed by atoms with van der Waals surface area (Å²) in [6.45, 7) is 17.6. The number of nitrogens with one attached hydrogen (secondary N) is 1. The third kappa shape index (κ3) is 4.15. The van der Waals surface area contributed by atoms with Crippen molar-refractivity contribution in [1.82, 2.24) is 4.98 Å². The Bertz CT molecular complexity index is 1120. The van der Waals surface area contributed by atoms with Crippen LogP contribution in [-0.4, -0.2) is 4.98 Å². The molecule has 0 unspecified atom stereocenters. The molecule has 1 aromatic carbocycles. The smallest absolute Gasteiger partial charge is 0.0459 e. The standard InChI is InChI=1S/C36H55N/c1-22(2)9-8-10-24(5)30-14-15-31-27-13-12-26-20-34-29(21-36(26,7)32(27)17-18-35(30,31)6)28-19-25(23(3)4)11-16-33(28)37-34/h11,16,19,22-24,26-27,30-32,37H,8-10,12-15,17-18,20-21H2,1-7H3/t24-,26-,27+,30-,31-,32+,35+,36-/m0/s1. The van der Waals surface area contributed by atoms with Crippen LogP contribution in [0.1, 0.15) is 129 Å².